The highest BCUT2D eigenvalue weighted by atomic mass is 16.6. The lowest BCUT2D eigenvalue weighted by Gasteiger charge is -1.94. The van der Waals surface area contributed by atoms with Gasteiger partial charge in [0.1, 0.15) is 0 Å². The summed E-state index contributed by atoms with van der Waals surface area (Å²) in [5.41, 5.74) is 0.718. The minimum Gasteiger partial charge on any atom is -0.394 e. The fourth-order valence-electron chi connectivity index (χ4n) is 1.36. The number of benzene rings is 1. The molecule has 0 bridgehead atoms. The number of rotatable bonds is 4. The molecule has 0 radical (unpaired) electrons. The van der Waals surface area contributed by atoms with E-state index < -0.39 is 11.9 Å². The Hall–Kier alpha value is -1.84. The van der Waals surface area contributed by atoms with Crippen LogP contribution in [0.2, 0.25) is 0 Å². The molecule has 1 aromatic rings. The Labute approximate surface area is 146 Å². The van der Waals surface area contributed by atoms with Gasteiger partial charge >= 0.3 is 11.9 Å². The van der Waals surface area contributed by atoms with Crippen LogP contribution in [0.1, 0.15) is 27.6 Å². The molecule has 4 rings (SSSR count). The largest absolute Gasteiger partial charge is 0.394 e. The van der Waals surface area contributed by atoms with Crippen molar-refractivity contribution in [2.24, 2.45) is 0 Å². The van der Waals surface area contributed by atoms with E-state index in [2.05, 4.69) is 21.1 Å². The summed E-state index contributed by atoms with van der Waals surface area (Å²) in [5.74, 6) is -1.10. The zero-order chi connectivity index (χ0) is 18.5. The van der Waals surface area contributed by atoms with Gasteiger partial charge in [-0.15, -0.1) is 0 Å². The van der Waals surface area contributed by atoms with E-state index in [0.717, 1.165) is 19.8 Å². The molecule has 0 aliphatic carbocycles. The first kappa shape index (κ1) is 21.2. The summed E-state index contributed by atoms with van der Waals surface area (Å²) in [5, 5.41) is 16.2. The molecule has 1 aromatic carbocycles. The standard InChI is InChI=1S/C8H4O3.C4H10O3.C3H6O.C2H4O/c9-7-5-3-1-2-4-6(5)8(10)11-7;5-1-3-7-4-2-6;1-3-2-4-3;1-2-3-1/h1-4H;5-6H,1-4H2;3H,2H2,1H3;1-2H2. The van der Waals surface area contributed by atoms with Crippen LogP contribution in [0.4, 0.5) is 0 Å². The summed E-state index contributed by atoms with van der Waals surface area (Å²) in [4.78, 5) is 21.7. The van der Waals surface area contributed by atoms with Gasteiger partial charge in [0.25, 0.3) is 0 Å². The fraction of sp³-hybridized carbons (Fsp3) is 0.529. The predicted octanol–water partition coefficient (Wildman–Crippen LogP) is 0.406. The predicted molar refractivity (Wildman–Crippen MR) is 87.4 cm³/mol. The number of fused-ring (bicyclic) bond motifs is 1. The van der Waals surface area contributed by atoms with Crippen molar-refractivity contribution in [1.29, 1.82) is 0 Å². The van der Waals surface area contributed by atoms with Crippen molar-refractivity contribution in [2.45, 2.75) is 13.0 Å². The second kappa shape index (κ2) is 12.5. The molecule has 2 saturated heterocycles. The van der Waals surface area contributed by atoms with Crippen LogP contribution in [0.25, 0.3) is 0 Å². The van der Waals surface area contributed by atoms with E-state index in [1.807, 2.05) is 0 Å². The summed E-state index contributed by atoms with van der Waals surface area (Å²) in [7, 11) is 0. The minimum atomic E-state index is -0.550. The summed E-state index contributed by atoms with van der Waals surface area (Å²) in [6.45, 7) is 5.74. The Kier molecular flexibility index (Phi) is 10.6. The molecule has 0 spiro atoms. The van der Waals surface area contributed by atoms with Gasteiger partial charge in [0, 0.05) is 0 Å². The van der Waals surface area contributed by atoms with Crippen LogP contribution >= 0.6 is 0 Å². The highest BCUT2D eigenvalue weighted by Gasteiger charge is 2.28. The van der Waals surface area contributed by atoms with Crippen LogP contribution in [0.3, 0.4) is 0 Å². The molecule has 2 fully saturated rings. The highest BCUT2D eigenvalue weighted by Crippen LogP contribution is 2.18. The quantitative estimate of drug-likeness (QED) is 0.345. The van der Waals surface area contributed by atoms with Crippen LogP contribution in [-0.4, -0.2) is 74.5 Å². The van der Waals surface area contributed by atoms with Gasteiger partial charge < -0.3 is 29.2 Å². The van der Waals surface area contributed by atoms with Crippen molar-refractivity contribution < 1.29 is 38.7 Å². The minimum absolute atomic E-state index is 0.0278. The molecular formula is C17H24O8. The average molecular weight is 356 g/mol. The van der Waals surface area contributed by atoms with Crippen molar-refractivity contribution in [3.05, 3.63) is 35.4 Å². The maximum atomic E-state index is 10.8. The van der Waals surface area contributed by atoms with Gasteiger partial charge in [-0.05, 0) is 19.1 Å². The molecule has 2 N–H and O–H groups in total. The van der Waals surface area contributed by atoms with Gasteiger partial charge in [0.05, 0.1) is 63.5 Å². The summed E-state index contributed by atoms with van der Waals surface area (Å²) < 4.78 is 18.2. The van der Waals surface area contributed by atoms with Crippen molar-refractivity contribution in [2.75, 3.05) is 46.2 Å². The molecule has 1 atom stereocenters. The molecule has 140 valence electrons. The topological polar surface area (TPSA) is 118 Å². The molecule has 3 aliphatic rings. The third kappa shape index (κ3) is 10.6. The molecule has 8 nitrogen and oxygen atoms in total. The Balaban J connectivity index is 0.000000190. The van der Waals surface area contributed by atoms with Gasteiger partial charge in [-0.1, -0.05) is 12.1 Å². The molecule has 0 amide bonds. The van der Waals surface area contributed by atoms with Gasteiger partial charge in [-0.25, -0.2) is 9.59 Å². The number of cyclic esters (lactones) is 2. The third-order valence-corrected chi connectivity index (χ3v) is 2.73. The maximum Gasteiger partial charge on any atom is 0.346 e. The van der Waals surface area contributed by atoms with E-state index in [-0.39, 0.29) is 13.2 Å². The van der Waals surface area contributed by atoms with E-state index in [1.165, 1.54) is 0 Å². The number of epoxide rings is 2. The molecule has 25 heavy (non-hydrogen) atoms. The van der Waals surface area contributed by atoms with Crippen LogP contribution in [0.15, 0.2) is 24.3 Å². The number of ether oxygens (including phenoxy) is 4. The second-order valence-corrected chi connectivity index (χ2v) is 5.04. The first-order valence-electron chi connectivity index (χ1n) is 7.94. The van der Waals surface area contributed by atoms with Gasteiger partial charge in [0.15, 0.2) is 0 Å². The van der Waals surface area contributed by atoms with Crippen molar-refractivity contribution in [3.63, 3.8) is 0 Å². The van der Waals surface area contributed by atoms with E-state index in [0.29, 0.717) is 30.4 Å². The lowest BCUT2D eigenvalue weighted by molar-refractivity contribution is 0.0443. The number of hydrogen-bond acceptors (Lipinski definition) is 8. The maximum absolute atomic E-state index is 10.8. The first-order chi connectivity index (χ1) is 12.1. The van der Waals surface area contributed by atoms with Crippen molar-refractivity contribution in [3.8, 4) is 0 Å². The molecule has 8 heteroatoms. The van der Waals surface area contributed by atoms with Crippen molar-refractivity contribution in [1.82, 2.24) is 0 Å². The Morgan fingerprint density at radius 3 is 1.72 bits per heavy atom. The van der Waals surface area contributed by atoms with Crippen LogP contribution in [0.5, 0.6) is 0 Å². The van der Waals surface area contributed by atoms with Gasteiger partial charge in [0.2, 0.25) is 0 Å². The first-order valence-corrected chi connectivity index (χ1v) is 7.94. The zero-order valence-electron chi connectivity index (χ0n) is 14.2. The summed E-state index contributed by atoms with van der Waals surface area (Å²) in [6.07, 6.45) is 0.583. The summed E-state index contributed by atoms with van der Waals surface area (Å²) >= 11 is 0. The van der Waals surface area contributed by atoms with Crippen LogP contribution in [0, 0.1) is 0 Å². The number of esters is 2. The number of carbonyl (C=O) groups excluding carboxylic acids is 2. The van der Waals surface area contributed by atoms with Crippen LogP contribution in [-0.2, 0) is 18.9 Å². The molecule has 0 saturated carbocycles. The molecule has 1 unspecified atom stereocenters. The second-order valence-electron chi connectivity index (χ2n) is 5.04. The molecule has 3 aliphatic heterocycles. The fourth-order valence-corrected chi connectivity index (χ4v) is 1.36. The smallest absolute Gasteiger partial charge is 0.346 e. The Bertz CT molecular complexity index is 485. The monoisotopic (exact) mass is 356 g/mol. The van der Waals surface area contributed by atoms with E-state index in [9.17, 15) is 9.59 Å². The third-order valence-electron chi connectivity index (χ3n) is 2.73. The number of hydrogen-bond donors (Lipinski definition) is 2. The van der Waals surface area contributed by atoms with E-state index >= 15 is 0 Å². The Morgan fingerprint density at radius 2 is 1.44 bits per heavy atom. The van der Waals surface area contributed by atoms with Gasteiger partial charge in [-0.2, -0.15) is 0 Å². The lowest BCUT2D eigenvalue weighted by atomic mass is 10.1. The van der Waals surface area contributed by atoms with Crippen molar-refractivity contribution >= 4 is 11.9 Å². The van der Waals surface area contributed by atoms with E-state index in [4.69, 9.17) is 14.9 Å². The molecular weight excluding hydrogens is 332 g/mol. The average Bonchev–Trinajstić information content (AvgIpc) is 3.52. The SMILES string of the molecule is C1CO1.CC1CO1.O=C1OC(=O)c2ccccc21.OCCOCCO. The summed E-state index contributed by atoms with van der Waals surface area (Å²) in [6, 6.07) is 6.53. The highest BCUT2D eigenvalue weighted by molar-refractivity contribution is 6.14. The normalized spacial score (nSPS) is 18.3. The molecule has 0 aromatic heterocycles. The van der Waals surface area contributed by atoms with Gasteiger partial charge in [-0.3, -0.25) is 0 Å². The molecule has 3 heterocycles. The number of aliphatic hydroxyl groups is 2. The zero-order valence-corrected chi connectivity index (χ0v) is 14.2. The number of carbonyl (C=O) groups is 2. The Morgan fingerprint density at radius 1 is 1.04 bits per heavy atom. The lowest BCUT2D eigenvalue weighted by Crippen LogP contribution is -2.03. The number of aliphatic hydroxyl groups excluding tert-OH is 2. The van der Waals surface area contributed by atoms with Crippen LogP contribution < -0.4 is 0 Å². The van der Waals surface area contributed by atoms with E-state index in [1.54, 1.807) is 24.3 Å².